The first kappa shape index (κ1) is 22.8. The van der Waals surface area contributed by atoms with E-state index in [1.165, 1.54) is 23.1 Å². The van der Waals surface area contributed by atoms with Crippen molar-refractivity contribution < 1.29 is 14.3 Å². The van der Waals surface area contributed by atoms with Crippen LogP contribution in [0.5, 0.6) is 5.75 Å². The molecule has 0 radical (unpaired) electrons. The molecule has 33 heavy (non-hydrogen) atoms. The maximum Gasteiger partial charge on any atom is 0.255 e. The van der Waals surface area contributed by atoms with Crippen LogP contribution in [-0.2, 0) is 4.79 Å². The van der Waals surface area contributed by atoms with Crippen LogP contribution < -0.4 is 15.4 Å². The number of fused-ring (bicyclic) bond motifs is 1. The molecule has 2 N–H and O–H groups in total. The summed E-state index contributed by atoms with van der Waals surface area (Å²) in [4.78, 5) is 30.5. The van der Waals surface area contributed by atoms with Crippen molar-refractivity contribution in [1.82, 2.24) is 4.98 Å². The summed E-state index contributed by atoms with van der Waals surface area (Å²) in [5.41, 5.74) is 3.27. The summed E-state index contributed by atoms with van der Waals surface area (Å²) < 4.78 is 6.17. The number of aromatic nitrogens is 1. The molecule has 0 saturated heterocycles. The van der Waals surface area contributed by atoms with E-state index in [-0.39, 0.29) is 17.1 Å². The number of ether oxygens (including phenoxy) is 1. The molecule has 1 heterocycles. The Morgan fingerprint density at radius 2 is 1.73 bits per heavy atom. The molecule has 6 nitrogen and oxygen atoms in total. The van der Waals surface area contributed by atoms with Gasteiger partial charge in [0.15, 0.2) is 5.13 Å². The van der Waals surface area contributed by atoms with Crippen molar-refractivity contribution in [2.75, 3.05) is 17.7 Å². The summed E-state index contributed by atoms with van der Waals surface area (Å²) in [6, 6.07) is 20.4. The summed E-state index contributed by atoms with van der Waals surface area (Å²) in [6.07, 6.45) is 0. The number of nitrogens with zero attached hydrogens (tertiary/aromatic N) is 1. The molecule has 0 spiro atoms. The van der Waals surface area contributed by atoms with Crippen molar-refractivity contribution in [1.29, 1.82) is 0 Å². The SMILES string of the molecule is COc1ccc(C(=O)Nc2ccc(SC(C)C(=O)Nc3nc4ccc(C)cc4s3)cc2)cc1. The highest BCUT2D eigenvalue weighted by Crippen LogP contribution is 2.29. The summed E-state index contributed by atoms with van der Waals surface area (Å²) >= 11 is 2.92. The lowest BCUT2D eigenvalue weighted by molar-refractivity contribution is -0.115. The van der Waals surface area contributed by atoms with E-state index in [0.29, 0.717) is 22.1 Å². The van der Waals surface area contributed by atoms with Gasteiger partial charge in [-0.25, -0.2) is 4.98 Å². The van der Waals surface area contributed by atoms with Crippen molar-refractivity contribution in [2.45, 2.75) is 24.0 Å². The number of methoxy groups -OCH3 is 1. The number of nitrogens with one attached hydrogen (secondary N) is 2. The van der Waals surface area contributed by atoms with Crippen molar-refractivity contribution in [3.8, 4) is 5.75 Å². The molecule has 0 aliphatic heterocycles. The van der Waals surface area contributed by atoms with E-state index in [1.54, 1.807) is 31.4 Å². The molecular weight excluding hydrogens is 454 g/mol. The highest BCUT2D eigenvalue weighted by molar-refractivity contribution is 8.00. The van der Waals surface area contributed by atoms with Crippen LogP contribution in [0.2, 0.25) is 0 Å². The number of amides is 2. The van der Waals surface area contributed by atoms with Crippen LogP contribution in [-0.4, -0.2) is 29.2 Å². The Balaban J connectivity index is 1.33. The molecule has 0 fully saturated rings. The lowest BCUT2D eigenvalue weighted by atomic mass is 10.2. The smallest absolute Gasteiger partial charge is 0.255 e. The highest BCUT2D eigenvalue weighted by Gasteiger charge is 2.17. The summed E-state index contributed by atoms with van der Waals surface area (Å²) in [5.74, 6) is 0.397. The van der Waals surface area contributed by atoms with Gasteiger partial charge in [-0.2, -0.15) is 0 Å². The van der Waals surface area contributed by atoms with Crippen LogP contribution in [0, 0.1) is 6.92 Å². The van der Waals surface area contributed by atoms with Gasteiger partial charge in [0.05, 0.1) is 22.6 Å². The van der Waals surface area contributed by atoms with Gasteiger partial charge >= 0.3 is 0 Å². The van der Waals surface area contributed by atoms with Crippen molar-refractivity contribution in [2.24, 2.45) is 0 Å². The predicted molar refractivity (Wildman–Crippen MR) is 136 cm³/mol. The first-order valence-electron chi connectivity index (χ1n) is 10.3. The fraction of sp³-hybridized carbons (Fsp3) is 0.160. The Hall–Kier alpha value is -3.36. The zero-order valence-corrected chi connectivity index (χ0v) is 20.0. The van der Waals surface area contributed by atoms with Gasteiger partial charge in [-0.05, 0) is 80.1 Å². The topological polar surface area (TPSA) is 80.3 Å². The van der Waals surface area contributed by atoms with Crippen LogP contribution in [0.25, 0.3) is 10.2 Å². The van der Waals surface area contributed by atoms with E-state index < -0.39 is 0 Å². The number of thiazole rings is 1. The van der Waals surface area contributed by atoms with Crippen LogP contribution in [0.3, 0.4) is 0 Å². The second-order valence-corrected chi connectivity index (χ2v) is 9.89. The monoisotopic (exact) mass is 477 g/mol. The number of thioether (sulfide) groups is 1. The van der Waals surface area contributed by atoms with E-state index in [2.05, 4.69) is 21.7 Å². The minimum atomic E-state index is -0.307. The lowest BCUT2D eigenvalue weighted by Gasteiger charge is -2.11. The number of carbonyl (C=O) groups excluding carboxylic acids is 2. The Morgan fingerprint density at radius 3 is 2.42 bits per heavy atom. The Bertz CT molecular complexity index is 1280. The zero-order chi connectivity index (χ0) is 23.4. The quantitative estimate of drug-likeness (QED) is 0.320. The summed E-state index contributed by atoms with van der Waals surface area (Å²) in [5, 5.41) is 6.08. The van der Waals surface area contributed by atoms with Gasteiger partial charge in [0.25, 0.3) is 5.91 Å². The minimum Gasteiger partial charge on any atom is -0.497 e. The van der Waals surface area contributed by atoms with E-state index in [4.69, 9.17) is 4.74 Å². The molecule has 1 aromatic heterocycles. The fourth-order valence-corrected chi connectivity index (χ4v) is 4.95. The molecule has 0 aliphatic carbocycles. The highest BCUT2D eigenvalue weighted by atomic mass is 32.2. The van der Waals surface area contributed by atoms with E-state index >= 15 is 0 Å². The first-order valence-corrected chi connectivity index (χ1v) is 12.0. The van der Waals surface area contributed by atoms with Crippen LogP contribution in [0.1, 0.15) is 22.8 Å². The Labute approximate surface area is 200 Å². The fourth-order valence-electron chi connectivity index (χ4n) is 3.11. The number of aryl methyl sites for hydroxylation is 1. The lowest BCUT2D eigenvalue weighted by Crippen LogP contribution is -2.22. The van der Waals surface area contributed by atoms with Gasteiger partial charge in [-0.15, -0.1) is 11.8 Å². The molecule has 8 heteroatoms. The summed E-state index contributed by atoms with van der Waals surface area (Å²) in [6.45, 7) is 3.89. The largest absolute Gasteiger partial charge is 0.497 e. The maximum atomic E-state index is 12.6. The summed E-state index contributed by atoms with van der Waals surface area (Å²) in [7, 11) is 1.58. The van der Waals surface area contributed by atoms with Crippen LogP contribution >= 0.6 is 23.1 Å². The molecule has 2 amide bonds. The average Bonchev–Trinajstić information content (AvgIpc) is 3.21. The first-order chi connectivity index (χ1) is 15.9. The molecule has 0 aliphatic rings. The van der Waals surface area contributed by atoms with E-state index in [0.717, 1.165) is 20.7 Å². The number of hydrogen-bond acceptors (Lipinski definition) is 6. The van der Waals surface area contributed by atoms with Crippen molar-refractivity contribution >= 4 is 55.9 Å². The third-order valence-electron chi connectivity index (χ3n) is 4.92. The standard InChI is InChI=1S/C25H23N3O3S2/c1-15-4-13-21-22(14-15)33-25(27-21)28-23(29)16(2)32-20-11-7-18(8-12-20)26-24(30)17-5-9-19(31-3)10-6-17/h4-14,16H,1-3H3,(H,26,30)(H,27,28,29). The normalized spacial score (nSPS) is 11.7. The van der Waals surface area contributed by atoms with Gasteiger partial charge in [-0.1, -0.05) is 17.4 Å². The van der Waals surface area contributed by atoms with Crippen molar-refractivity contribution in [3.05, 3.63) is 77.9 Å². The molecule has 3 aromatic carbocycles. The number of rotatable bonds is 7. The molecule has 0 bridgehead atoms. The van der Waals surface area contributed by atoms with E-state index in [9.17, 15) is 9.59 Å². The molecule has 168 valence electrons. The van der Waals surface area contributed by atoms with Gasteiger partial charge < -0.3 is 15.4 Å². The maximum absolute atomic E-state index is 12.6. The second-order valence-electron chi connectivity index (χ2n) is 7.45. The second kappa shape index (κ2) is 10.1. The van der Waals surface area contributed by atoms with Gasteiger partial charge in [0, 0.05) is 16.1 Å². The third-order valence-corrected chi connectivity index (χ3v) is 6.97. The molecular formula is C25H23N3O3S2. The predicted octanol–water partition coefficient (Wildman–Crippen LogP) is 5.98. The molecule has 1 unspecified atom stereocenters. The minimum absolute atomic E-state index is 0.104. The molecule has 4 aromatic rings. The van der Waals surface area contributed by atoms with Gasteiger partial charge in [0.2, 0.25) is 5.91 Å². The molecule has 0 saturated carbocycles. The average molecular weight is 478 g/mol. The Morgan fingerprint density at radius 1 is 1.00 bits per heavy atom. The number of carbonyl (C=O) groups is 2. The zero-order valence-electron chi connectivity index (χ0n) is 18.4. The Kier molecular flexibility index (Phi) is 6.96. The third kappa shape index (κ3) is 5.71. The van der Waals surface area contributed by atoms with Gasteiger partial charge in [-0.3, -0.25) is 9.59 Å². The molecule has 4 rings (SSSR count). The van der Waals surface area contributed by atoms with Crippen LogP contribution in [0.15, 0.2) is 71.6 Å². The number of anilines is 2. The number of benzene rings is 3. The molecule has 1 atom stereocenters. The van der Waals surface area contributed by atoms with E-state index in [1.807, 2.05) is 50.2 Å². The number of hydrogen-bond donors (Lipinski definition) is 2. The van der Waals surface area contributed by atoms with Crippen molar-refractivity contribution in [3.63, 3.8) is 0 Å². The van der Waals surface area contributed by atoms with Gasteiger partial charge in [0.1, 0.15) is 5.75 Å². The van der Waals surface area contributed by atoms with Crippen LogP contribution in [0.4, 0.5) is 10.8 Å².